The van der Waals surface area contributed by atoms with Crippen molar-refractivity contribution in [3.63, 3.8) is 0 Å². The van der Waals surface area contributed by atoms with Gasteiger partial charge in [-0.15, -0.1) is 0 Å². The molecule has 5 heterocycles. The number of hydrogen-bond donors (Lipinski definition) is 1. The van der Waals surface area contributed by atoms with Crippen LogP contribution in [-0.4, -0.2) is 79.8 Å². The summed E-state index contributed by atoms with van der Waals surface area (Å²) in [6, 6.07) is 8.39. The second-order valence-corrected chi connectivity index (χ2v) is 11.8. The van der Waals surface area contributed by atoms with Crippen LogP contribution >= 0.6 is 0 Å². The molecule has 2 unspecified atom stereocenters. The Kier molecular flexibility index (Phi) is 5.17. The fourth-order valence-corrected chi connectivity index (χ4v) is 7.01. The second kappa shape index (κ2) is 8.23. The third kappa shape index (κ3) is 3.73. The van der Waals surface area contributed by atoms with Crippen molar-refractivity contribution in [2.24, 2.45) is 0 Å². The lowest BCUT2D eigenvalue weighted by Crippen LogP contribution is -2.57. The Bertz CT molecular complexity index is 1300. The molecule has 7 rings (SSSR count). The summed E-state index contributed by atoms with van der Waals surface area (Å²) in [6.45, 7) is 10.0. The molecule has 3 aliphatic heterocycles. The number of piperazine rings is 1. The quantitative estimate of drug-likeness (QED) is 0.602. The lowest BCUT2D eigenvalue weighted by molar-refractivity contribution is -0.0708. The van der Waals surface area contributed by atoms with Crippen LogP contribution in [0, 0.1) is 13.8 Å². The number of anilines is 1. The van der Waals surface area contributed by atoms with Gasteiger partial charge in [-0.25, -0.2) is 14.6 Å². The number of ether oxygens (including phenoxy) is 1. The Morgan fingerprint density at radius 2 is 1.75 bits per heavy atom. The lowest BCUT2D eigenvalue weighted by atomic mass is 9.76. The van der Waals surface area contributed by atoms with Crippen molar-refractivity contribution in [2.45, 2.75) is 82.5 Å². The van der Waals surface area contributed by atoms with Gasteiger partial charge in [-0.2, -0.15) is 5.10 Å². The zero-order chi connectivity index (χ0) is 24.6. The molecule has 8 nitrogen and oxygen atoms in total. The molecule has 1 N–H and O–H groups in total. The van der Waals surface area contributed by atoms with Crippen LogP contribution in [0.25, 0.3) is 16.7 Å². The molecule has 4 aliphatic rings. The second-order valence-electron chi connectivity index (χ2n) is 11.8. The molecule has 1 aromatic carbocycles. The first-order chi connectivity index (χ1) is 17.3. The first-order valence-electron chi connectivity index (χ1n) is 13.5. The van der Waals surface area contributed by atoms with Crippen molar-refractivity contribution in [1.29, 1.82) is 0 Å². The number of aromatic nitrogens is 4. The highest BCUT2D eigenvalue weighted by Gasteiger charge is 2.47. The minimum absolute atomic E-state index is 0.477. The third-order valence-corrected chi connectivity index (χ3v) is 9.15. The van der Waals surface area contributed by atoms with E-state index in [1.807, 2.05) is 24.7 Å². The summed E-state index contributed by atoms with van der Waals surface area (Å²) >= 11 is 0. The first kappa shape index (κ1) is 22.6. The normalized spacial score (nSPS) is 30.9. The van der Waals surface area contributed by atoms with E-state index in [0.717, 1.165) is 80.3 Å². The van der Waals surface area contributed by atoms with Gasteiger partial charge in [-0.3, -0.25) is 4.90 Å². The smallest absolute Gasteiger partial charge is 0.159 e. The van der Waals surface area contributed by atoms with Crippen molar-refractivity contribution >= 4 is 16.7 Å². The van der Waals surface area contributed by atoms with Gasteiger partial charge in [0.15, 0.2) is 5.82 Å². The molecule has 2 atom stereocenters. The molecule has 0 radical (unpaired) electrons. The first-order valence-corrected chi connectivity index (χ1v) is 13.5. The number of likely N-dealkylation sites (tertiary alicyclic amines) is 1. The summed E-state index contributed by atoms with van der Waals surface area (Å²) in [7, 11) is 0. The summed E-state index contributed by atoms with van der Waals surface area (Å²) in [5, 5.41) is 16.3. The van der Waals surface area contributed by atoms with E-state index in [2.05, 4.69) is 34.9 Å². The van der Waals surface area contributed by atoms with Gasteiger partial charge in [0, 0.05) is 36.6 Å². The molecule has 36 heavy (non-hydrogen) atoms. The Balaban J connectivity index is 1.20. The van der Waals surface area contributed by atoms with Gasteiger partial charge >= 0.3 is 0 Å². The van der Waals surface area contributed by atoms with Crippen molar-refractivity contribution < 1.29 is 9.84 Å². The number of nitrogens with zero attached hydrogens (tertiary/aromatic N) is 6. The van der Waals surface area contributed by atoms with E-state index < -0.39 is 5.60 Å². The maximum absolute atomic E-state index is 10.4. The van der Waals surface area contributed by atoms with E-state index in [9.17, 15) is 5.11 Å². The monoisotopic (exact) mass is 488 g/mol. The molecular weight excluding hydrogens is 452 g/mol. The topological polar surface area (TPSA) is 79.5 Å². The number of aliphatic hydroxyl groups is 1. The highest BCUT2D eigenvalue weighted by molar-refractivity contribution is 5.82. The van der Waals surface area contributed by atoms with Gasteiger partial charge in [-0.05, 0) is 82.1 Å². The molecule has 2 bridgehead atoms. The maximum Gasteiger partial charge on any atom is 0.159 e. The minimum atomic E-state index is -0.525. The Hall–Kier alpha value is -2.55. The molecule has 0 amide bonds. The zero-order valence-corrected chi connectivity index (χ0v) is 21.5. The number of benzene rings is 1. The number of aryl methyl sites for hydroxylation is 2. The summed E-state index contributed by atoms with van der Waals surface area (Å²) in [4.78, 5) is 14.8. The number of rotatable bonds is 4. The SMILES string of the molecule is Cc1nc(N2CC3CC2CN3C2COC2)cc(-n2ncc3cc(C)c([C@H]4CC[C@@](C)(O)CC4)cc32)n1. The van der Waals surface area contributed by atoms with Gasteiger partial charge in [0.05, 0.1) is 36.6 Å². The Labute approximate surface area is 212 Å². The average molecular weight is 489 g/mol. The van der Waals surface area contributed by atoms with Crippen LogP contribution in [0.4, 0.5) is 5.82 Å². The van der Waals surface area contributed by atoms with Crippen LogP contribution in [0.15, 0.2) is 24.4 Å². The number of fused-ring (bicyclic) bond motifs is 3. The van der Waals surface area contributed by atoms with E-state index >= 15 is 0 Å². The molecule has 8 heteroatoms. The van der Waals surface area contributed by atoms with Crippen molar-refractivity contribution in [3.8, 4) is 5.82 Å². The molecule has 0 spiro atoms. The van der Waals surface area contributed by atoms with E-state index in [1.165, 1.54) is 17.5 Å². The van der Waals surface area contributed by atoms with Crippen molar-refractivity contribution in [3.05, 3.63) is 41.3 Å². The molecule has 3 aromatic rings. The van der Waals surface area contributed by atoms with E-state index in [1.54, 1.807) is 0 Å². The molecule has 2 aromatic heterocycles. The largest absolute Gasteiger partial charge is 0.390 e. The molecule has 190 valence electrons. The van der Waals surface area contributed by atoms with E-state index in [0.29, 0.717) is 24.0 Å². The van der Waals surface area contributed by atoms with Gasteiger partial charge in [-0.1, -0.05) is 0 Å². The fraction of sp³-hybridized carbons (Fsp3) is 0.607. The van der Waals surface area contributed by atoms with Crippen LogP contribution in [0.3, 0.4) is 0 Å². The average Bonchev–Trinajstić information content (AvgIpc) is 3.51. The molecular formula is C28H36N6O2. The van der Waals surface area contributed by atoms with E-state index in [-0.39, 0.29) is 0 Å². The zero-order valence-electron chi connectivity index (χ0n) is 21.5. The van der Waals surface area contributed by atoms with E-state index in [4.69, 9.17) is 19.8 Å². The molecule has 4 fully saturated rings. The molecule has 3 saturated heterocycles. The summed E-state index contributed by atoms with van der Waals surface area (Å²) in [6.07, 6.45) is 6.90. The Morgan fingerprint density at radius 3 is 2.44 bits per heavy atom. The minimum Gasteiger partial charge on any atom is -0.390 e. The fourth-order valence-electron chi connectivity index (χ4n) is 7.01. The van der Waals surface area contributed by atoms with Gasteiger partial charge < -0.3 is 14.7 Å². The highest BCUT2D eigenvalue weighted by Crippen LogP contribution is 2.40. The lowest BCUT2D eigenvalue weighted by Gasteiger charge is -2.42. The predicted molar refractivity (Wildman–Crippen MR) is 139 cm³/mol. The van der Waals surface area contributed by atoms with Crippen molar-refractivity contribution in [1.82, 2.24) is 24.6 Å². The third-order valence-electron chi connectivity index (χ3n) is 9.15. The van der Waals surface area contributed by atoms with Crippen LogP contribution in [-0.2, 0) is 4.74 Å². The van der Waals surface area contributed by atoms with Gasteiger partial charge in [0.2, 0.25) is 0 Å². The molecule has 1 aliphatic carbocycles. The van der Waals surface area contributed by atoms with Gasteiger partial charge in [0.25, 0.3) is 0 Å². The maximum atomic E-state index is 10.4. The summed E-state index contributed by atoms with van der Waals surface area (Å²) in [5.74, 6) is 3.10. The molecule has 1 saturated carbocycles. The predicted octanol–water partition coefficient (Wildman–Crippen LogP) is 3.50. The standard InChI is InChI=1S/C28H36N6O2/c1-17-8-20-12-29-34(25(20)10-24(17)19-4-6-28(3,35)7-5-19)27-11-26(30-18(2)31-27)33-14-21-9-22(33)13-32(21)23-15-36-16-23/h8,10-12,19,21-23,35H,4-7,9,13-16H2,1-3H3/t19-,21?,22?,28+. The summed E-state index contributed by atoms with van der Waals surface area (Å²) < 4.78 is 7.43. The van der Waals surface area contributed by atoms with Gasteiger partial charge in [0.1, 0.15) is 11.6 Å². The van der Waals surface area contributed by atoms with Crippen LogP contribution in [0.2, 0.25) is 0 Å². The van der Waals surface area contributed by atoms with Crippen LogP contribution < -0.4 is 4.90 Å². The van der Waals surface area contributed by atoms with Crippen molar-refractivity contribution in [2.75, 3.05) is 31.2 Å². The Morgan fingerprint density at radius 1 is 0.972 bits per heavy atom. The highest BCUT2D eigenvalue weighted by atomic mass is 16.5. The number of hydrogen-bond acceptors (Lipinski definition) is 7. The van der Waals surface area contributed by atoms with Crippen LogP contribution in [0.1, 0.15) is 61.9 Å². The van der Waals surface area contributed by atoms with Crippen LogP contribution in [0.5, 0.6) is 0 Å². The summed E-state index contributed by atoms with van der Waals surface area (Å²) in [5.41, 5.74) is 3.25.